The molecule has 0 spiro atoms. The first-order chi connectivity index (χ1) is 9.72. The molecule has 1 aromatic heterocycles. The molecule has 0 aliphatic rings. The van der Waals surface area contributed by atoms with Crippen LogP contribution in [0.25, 0.3) is 0 Å². The van der Waals surface area contributed by atoms with Gasteiger partial charge < -0.3 is 5.32 Å². The molecule has 0 saturated carbocycles. The van der Waals surface area contributed by atoms with E-state index in [4.69, 9.17) is 0 Å². The van der Waals surface area contributed by atoms with Crippen molar-refractivity contribution >= 4 is 11.3 Å². The van der Waals surface area contributed by atoms with E-state index in [0.29, 0.717) is 5.56 Å². The summed E-state index contributed by atoms with van der Waals surface area (Å²) in [7, 11) is 0. The second-order valence-electron chi connectivity index (χ2n) is 4.72. The minimum Gasteiger partial charge on any atom is -0.310 e. The highest BCUT2D eigenvalue weighted by molar-refractivity contribution is 7.09. The monoisotopic (exact) mass is 295 g/mol. The highest BCUT2D eigenvalue weighted by atomic mass is 32.1. The molecular weight excluding hydrogens is 276 g/mol. The summed E-state index contributed by atoms with van der Waals surface area (Å²) >= 11 is 1.73. The van der Waals surface area contributed by atoms with Gasteiger partial charge in [0.05, 0.1) is 0 Å². The lowest BCUT2D eigenvalue weighted by Gasteiger charge is -2.19. The molecule has 0 saturated heterocycles. The molecule has 4 heteroatoms. The molecule has 1 aromatic carbocycles. The summed E-state index contributed by atoms with van der Waals surface area (Å²) in [6.45, 7) is 2.71. The zero-order valence-electron chi connectivity index (χ0n) is 11.5. The van der Waals surface area contributed by atoms with Crippen molar-refractivity contribution in [1.82, 2.24) is 5.32 Å². The summed E-state index contributed by atoms with van der Waals surface area (Å²) in [6, 6.07) is 8.40. The van der Waals surface area contributed by atoms with Crippen molar-refractivity contribution in [2.24, 2.45) is 0 Å². The molecule has 0 aliphatic carbocycles. The standard InChI is InChI=1S/C16H19F2NS/c1-2-19-15(10-3-6-12-7-5-11-20-12)13-8-4-9-14(17)16(13)18/h4-5,7-9,11,15,19H,2-3,6,10H2,1H3. The summed E-state index contributed by atoms with van der Waals surface area (Å²) in [5.41, 5.74) is 0.429. The summed E-state index contributed by atoms with van der Waals surface area (Å²) in [6.07, 6.45) is 2.73. The third-order valence-electron chi connectivity index (χ3n) is 3.30. The van der Waals surface area contributed by atoms with E-state index in [1.165, 1.54) is 4.88 Å². The molecule has 1 heterocycles. The smallest absolute Gasteiger partial charge is 0.163 e. The van der Waals surface area contributed by atoms with Gasteiger partial charge in [0.1, 0.15) is 0 Å². The molecule has 20 heavy (non-hydrogen) atoms. The summed E-state index contributed by atoms with van der Waals surface area (Å²) < 4.78 is 27.2. The lowest BCUT2D eigenvalue weighted by atomic mass is 10.00. The van der Waals surface area contributed by atoms with E-state index in [1.807, 2.05) is 13.0 Å². The van der Waals surface area contributed by atoms with E-state index in [9.17, 15) is 8.78 Å². The van der Waals surface area contributed by atoms with Gasteiger partial charge in [0.2, 0.25) is 0 Å². The van der Waals surface area contributed by atoms with Crippen LogP contribution in [-0.2, 0) is 6.42 Å². The molecule has 2 aromatic rings. The van der Waals surface area contributed by atoms with Crippen LogP contribution >= 0.6 is 11.3 Å². The Kier molecular flexibility index (Phi) is 5.68. The SMILES string of the molecule is CCNC(CCCc1cccs1)c1cccc(F)c1F. The van der Waals surface area contributed by atoms with Crippen molar-refractivity contribution in [3.63, 3.8) is 0 Å². The topological polar surface area (TPSA) is 12.0 Å². The first kappa shape index (κ1) is 15.1. The van der Waals surface area contributed by atoms with Gasteiger partial charge >= 0.3 is 0 Å². The van der Waals surface area contributed by atoms with Gasteiger partial charge in [-0.2, -0.15) is 0 Å². The number of hydrogen-bond donors (Lipinski definition) is 1. The first-order valence-corrected chi connectivity index (χ1v) is 7.80. The van der Waals surface area contributed by atoms with Gasteiger partial charge in [-0.05, 0) is 43.3 Å². The van der Waals surface area contributed by atoms with Crippen LogP contribution in [0.1, 0.15) is 36.2 Å². The molecule has 1 atom stereocenters. The zero-order valence-corrected chi connectivity index (χ0v) is 12.4. The van der Waals surface area contributed by atoms with E-state index >= 15 is 0 Å². The van der Waals surface area contributed by atoms with Crippen LogP contribution in [0.2, 0.25) is 0 Å². The third kappa shape index (κ3) is 3.87. The average Bonchev–Trinajstić information content (AvgIpc) is 2.94. The number of thiophene rings is 1. The van der Waals surface area contributed by atoms with Crippen LogP contribution in [-0.4, -0.2) is 6.54 Å². The number of hydrogen-bond acceptors (Lipinski definition) is 2. The van der Waals surface area contributed by atoms with Crippen LogP contribution in [0.3, 0.4) is 0 Å². The Balaban J connectivity index is 2.01. The van der Waals surface area contributed by atoms with Gasteiger partial charge in [-0.25, -0.2) is 8.78 Å². The molecule has 0 amide bonds. The Morgan fingerprint density at radius 1 is 1.20 bits per heavy atom. The number of nitrogens with one attached hydrogen (secondary N) is 1. The highest BCUT2D eigenvalue weighted by Gasteiger charge is 2.17. The fraction of sp³-hybridized carbons (Fsp3) is 0.375. The highest BCUT2D eigenvalue weighted by Crippen LogP contribution is 2.24. The Hall–Kier alpha value is -1.26. The fourth-order valence-electron chi connectivity index (χ4n) is 2.34. The summed E-state index contributed by atoms with van der Waals surface area (Å²) in [4.78, 5) is 1.33. The molecule has 108 valence electrons. The molecule has 0 radical (unpaired) electrons. The van der Waals surface area contributed by atoms with E-state index in [0.717, 1.165) is 31.9 Å². The van der Waals surface area contributed by atoms with Crippen LogP contribution < -0.4 is 5.32 Å². The second-order valence-corrected chi connectivity index (χ2v) is 5.76. The van der Waals surface area contributed by atoms with Gasteiger partial charge in [0, 0.05) is 16.5 Å². The van der Waals surface area contributed by atoms with Crippen molar-refractivity contribution in [3.05, 3.63) is 57.8 Å². The lowest BCUT2D eigenvalue weighted by molar-refractivity contribution is 0.446. The molecule has 0 bridgehead atoms. The van der Waals surface area contributed by atoms with Crippen molar-refractivity contribution in [2.45, 2.75) is 32.2 Å². The van der Waals surface area contributed by atoms with Gasteiger partial charge in [-0.15, -0.1) is 11.3 Å². The molecular formula is C16H19F2NS. The largest absolute Gasteiger partial charge is 0.310 e. The normalized spacial score (nSPS) is 12.6. The quantitative estimate of drug-likeness (QED) is 0.780. The lowest BCUT2D eigenvalue weighted by Crippen LogP contribution is -2.22. The molecule has 0 aliphatic heterocycles. The van der Waals surface area contributed by atoms with Crippen LogP contribution in [0.15, 0.2) is 35.7 Å². The minimum atomic E-state index is -0.774. The Labute approximate surface area is 122 Å². The van der Waals surface area contributed by atoms with Crippen molar-refractivity contribution < 1.29 is 8.78 Å². The number of aryl methyl sites for hydroxylation is 1. The number of rotatable bonds is 7. The Bertz CT molecular complexity index is 525. The van der Waals surface area contributed by atoms with E-state index < -0.39 is 11.6 Å². The fourth-order valence-corrected chi connectivity index (χ4v) is 3.09. The predicted molar refractivity (Wildman–Crippen MR) is 80.0 cm³/mol. The van der Waals surface area contributed by atoms with E-state index in [2.05, 4.69) is 16.8 Å². The van der Waals surface area contributed by atoms with Crippen molar-refractivity contribution in [2.75, 3.05) is 6.54 Å². The van der Waals surface area contributed by atoms with Crippen LogP contribution in [0.5, 0.6) is 0 Å². The van der Waals surface area contributed by atoms with Crippen molar-refractivity contribution in [3.8, 4) is 0 Å². The van der Waals surface area contributed by atoms with Gasteiger partial charge in [-0.1, -0.05) is 25.1 Å². The summed E-state index contributed by atoms with van der Waals surface area (Å²) in [5.74, 6) is -1.50. The maximum Gasteiger partial charge on any atom is 0.163 e. The Morgan fingerprint density at radius 2 is 2.05 bits per heavy atom. The number of benzene rings is 1. The average molecular weight is 295 g/mol. The van der Waals surface area contributed by atoms with Crippen molar-refractivity contribution in [1.29, 1.82) is 0 Å². The van der Waals surface area contributed by atoms with Gasteiger partial charge in [0.25, 0.3) is 0 Å². The maximum absolute atomic E-state index is 13.9. The number of halogens is 2. The molecule has 1 N–H and O–H groups in total. The minimum absolute atomic E-state index is 0.129. The van der Waals surface area contributed by atoms with Gasteiger partial charge in [-0.3, -0.25) is 0 Å². The van der Waals surface area contributed by atoms with Crippen LogP contribution in [0, 0.1) is 11.6 Å². The predicted octanol–water partition coefficient (Wildman–Crippen LogP) is 4.70. The Morgan fingerprint density at radius 3 is 2.75 bits per heavy atom. The van der Waals surface area contributed by atoms with Gasteiger partial charge in [0.15, 0.2) is 11.6 Å². The molecule has 1 nitrogen and oxygen atoms in total. The summed E-state index contributed by atoms with van der Waals surface area (Å²) in [5, 5.41) is 5.30. The van der Waals surface area contributed by atoms with Crippen LogP contribution in [0.4, 0.5) is 8.78 Å². The second kappa shape index (κ2) is 7.50. The van der Waals surface area contributed by atoms with E-state index in [-0.39, 0.29) is 6.04 Å². The third-order valence-corrected chi connectivity index (χ3v) is 4.24. The molecule has 2 rings (SSSR count). The first-order valence-electron chi connectivity index (χ1n) is 6.92. The molecule has 1 unspecified atom stereocenters. The maximum atomic E-state index is 13.9. The zero-order chi connectivity index (χ0) is 14.4. The molecule has 0 fully saturated rings. The van der Waals surface area contributed by atoms with E-state index in [1.54, 1.807) is 23.5 Å².